The second-order valence-electron chi connectivity index (χ2n) is 6.49. The Kier molecular flexibility index (Phi) is 4.43. The van der Waals surface area contributed by atoms with Gasteiger partial charge in [-0.25, -0.2) is 0 Å². The summed E-state index contributed by atoms with van der Waals surface area (Å²) in [4.78, 5) is 16.6. The van der Waals surface area contributed by atoms with Crippen LogP contribution in [0.2, 0.25) is 0 Å². The van der Waals surface area contributed by atoms with Crippen molar-refractivity contribution in [2.75, 3.05) is 5.73 Å². The fourth-order valence-electron chi connectivity index (χ4n) is 3.34. The van der Waals surface area contributed by atoms with E-state index in [4.69, 9.17) is 14.7 Å². The Labute approximate surface area is 150 Å². The predicted octanol–water partition coefficient (Wildman–Crippen LogP) is 3.04. The van der Waals surface area contributed by atoms with Crippen LogP contribution in [0.25, 0.3) is 11.4 Å². The summed E-state index contributed by atoms with van der Waals surface area (Å²) in [5.74, 6) is 0.879. The molecule has 7 nitrogen and oxygen atoms in total. The second kappa shape index (κ2) is 7.03. The van der Waals surface area contributed by atoms with Gasteiger partial charge in [-0.05, 0) is 48.6 Å². The van der Waals surface area contributed by atoms with Gasteiger partial charge in [0.05, 0.1) is 17.9 Å². The summed E-state index contributed by atoms with van der Waals surface area (Å²) >= 11 is 0. The normalized spacial score (nSPS) is 16.2. The van der Waals surface area contributed by atoms with E-state index in [-0.39, 0.29) is 11.9 Å². The molecule has 134 valence electrons. The van der Waals surface area contributed by atoms with Crippen LogP contribution in [0.1, 0.15) is 42.3 Å². The van der Waals surface area contributed by atoms with Gasteiger partial charge in [0.25, 0.3) is 0 Å². The Bertz CT molecular complexity index is 901. The first-order valence-electron chi connectivity index (χ1n) is 8.72. The predicted molar refractivity (Wildman–Crippen MR) is 95.0 cm³/mol. The minimum absolute atomic E-state index is 0.0252. The van der Waals surface area contributed by atoms with Crippen molar-refractivity contribution in [1.29, 1.82) is 0 Å². The van der Waals surface area contributed by atoms with E-state index in [1.54, 1.807) is 18.6 Å². The van der Waals surface area contributed by atoms with Gasteiger partial charge >= 0.3 is 0 Å². The lowest BCUT2D eigenvalue weighted by Gasteiger charge is -2.26. The Morgan fingerprint density at radius 1 is 1.35 bits per heavy atom. The molecule has 2 heterocycles. The summed E-state index contributed by atoms with van der Waals surface area (Å²) in [6.07, 6.45) is 6.79. The fraction of sp³-hybridized carbons (Fsp3) is 0.316. The van der Waals surface area contributed by atoms with Gasteiger partial charge in [-0.15, -0.1) is 0 Å². The van der Waals surface area contributed by atoms with Crippen molar-refractivity contribution in [1.82, 2.24) is 15.5 Å². The maximum atomic E-state index is 12.4. The number of nitrogens with two attached hydrogens (primary N) is 1. The quantitative estimate of drug-likeness (QED) is 0.684. The van der Waals surface area contributed by atoms with Crippen LogP contribution in [0, 0.1) is 0 Å². The minimum atomic E-state index is -0.0252. The number of aryl methyl sites for hydroxylation is 2. The number of carbonyl (C=O) groups excluding carboxylic acids is 1. The third-order valence-electron chi connectivity index (χ3n) is 4.63. The number of aromatic nitrogens is 2. The molecule has 1 atom stereocenters. The van der Waals surface area contributed by atoms with E-state index in [0.29, 0.717) is 24.6 Å². The molecule has 4 rings (SSSR count). The van der Waals surface area contributed by atoms with Crippen LogP contribution in [0.5, 0.6) is 0 Å². The average Bonchev–Trinajstić information content (AvgIpc) is 3.31. The molecule has 0 spiro atoms. The molecule has 1 amide bonds. The molecule has 0 fully saturated rings. The molecule has 0 saturated heterocycles. The molecule has 1 aliphatic carbocycles. The first kappa shape index (κ1) is 16.4. The molecule has 0 bridgehead atoms. The molecule has 1 aromatic carbocycles. The summed E-state index contributed by atoms with van der Waals surface area (Å²) in [6, 6.07) is 7.71. The van der Waals surface area contributed by atoms with E-state index in [2.05, 4.69) is 15.5 Å². The van der Waals surface area contributed by atoms with Crippen molar-refractivity contribution in [2.24, 2.45) is 0 Å². The lowest BCUT2D eigenvalue weighted by Crippen LogP contribution is -2.31. The molecule has 0 radical (unpaired) electrons. The fourth-order valence-corrected chi connectivity index (χ4v) is 3.34. The number of fused-ring (bicyclic) bond motifs is 1. The highest BCUT2D eigenvalue weighted by Gasteiger charge is 2.22. The Morgan fingerprint density at radius 3 is 3.12 bits per heavy atom. The Balaban J connectivity index is 1.35. The number of carbonyl (C=O) groups is 1. The molecular formula is C19H20N4O3. The zero-order valence-electron chi connectivity index (χ0n) is 14.3. The molecule has 26 heavy (non-hydrogen) atoms. The van der Waals surface area contributed by atoms with Crippen LogP contribution in [0.15, 0.2) is 45.7 Å². The SMILES string of the molecule is Nc1ccc2c(c1)CCCC2NC(=O)CCc1nc(-c2ccoc2)no1. The van der Waals surface area contributed by atoms with Gasteiger partial charge in [-0.2, -0.15) is 4.98 Å². The number of benzene rings is 1. The number of hydrogen-bond donors (Lipinski definition) is 2. The summed E-state index contributed by atoms with van der Waals surface area (Å²) in [5.41, 5.74) is 9.77. The van der Waals surface area contributed by atoms with E-state index < -0.39 is 0 Å². The van der Waals surface area contributed by atoms with Gasteiger partial charge in [-0.1, -0.05) is 11.2 Å². The van der Waals surface area contributed by atoms with Crippen LogP contribution in [0.4, 0.5) is 5.69 Å². The highest BCUT2D eigenvalue weighted by Crippen LogP contribution is 2.31. The van der Waals surface area contributed by atoms with Crippen molar-refractivity contribution in [3.8, 4) is 11.4 Å². The van der Waals surface area contributed by atoms with Gasteiger partial charge in [0.1, 0.15) is 6.26 Å². The van der Waals surface area contributed by atoms with E-state index in [9.17, 15) is 4.79 Å². The van der Waals surface area contributed by atoms with Gasteiger partial charge in [0.2, 0.25) is 17.6 Å². The van der Waals surface area contributed by atoms with Crippen molar-refractivity contribution < 1.29 is 13.7 Å². The Hall–Kier alpha value is -3.09. The smallest absolute Gasteiger partial charge is 0.227 e. The zero-order chi connectivity index (χ0) is 17.9. The zero-order valence-corrected chi connectivity index (χ0v) is 14.3. The summed E-state index contributed by atoms with van der Waals surface area (Å²) in [5, 5.41) is 7.02. The van der Waals surface area contributed by atoms with Crippen molar-refractivity contribution in [3.63, 3.8) is 0 Å². The summed E-state index contributed by atoms with van der Waals surface area (Å²) in [6.45, 7) is 0. The van der Waals surface area contributed by atoms with Crippen LogP contribution < -0.4 is 11.1 Å². The third kappa shape index (κ3) is 3.46. The molecule has 2 aromatic heterocycles. The van der Waals surface area contributed by atoms with Crippen molar-refractivity contribution >= 4 is 11.6 Å². The number of nitrogens with one attached hydrogen (secondary N) is 1. The van der Waals surface area contributed by atoms with Crippen LogP contribution >= 0.6 is 0 Å². The molecule has 3 aromatic rings. The first-order chi connectivity index (χ1) is 12.7. The second-order valence-corrected chi connectivity index (χ2v) is 6.49. The van der Waals surface area contributed by atoms with E-state index in [0.717, 1.165) is 30.5 Å². The van der Waals surface area contributed by atoms with Gasteiger partial charge < -0.3 is 20.0 Å². The molecule has 0 aliphatic heterocycles. The van der Waals surface area contributed by atoms with E-state index >= 15 is 0 Å². The standard InChI is InChI=1S/C19H20N4O3/c20-14-4-5-15-12(10-14)2-1-3-16(15)21-17(24)6-7-18-22-19(23-26-18)13-8-9-25-11-13/h4-5,8-11,16H,1-3,6-7,20H2,(H,21,24). The summed E-state index contributed by atoms with van der Waals surface area (Å²) in [7, 11) is 0. The number of nitrogens with zero attached hydrogens (tertiary/aromatic N) is 2. The van der Waals surface area contributed by atoms with Crippen LogP contribution in [-0.4, -0.2) is 16.0 Å². The van der Waals surface area contributed by atoms with Crippen molar-refractivity contribution in [2.45, 2.75) is 38.1 Å². The number of furan rings is 1. The lowest BCUT2D eigenvalue weighted by molar-refractivity contribution is -0.122. The maximum Gasteiger partial charge on any atom is 0.227 e. The topological polar surface area (TPSA) is 107 Å². The maximum absolute atomic E-state index is 12.4. The van der Waals surface area contributed by atoms with Gasteiger partial charge in [0.15, 0.2) is 0 Å². The average molecular weight is 352 g/mol. The summed E-state index contributed by atoms with van der Waals surface area (Å²) < 4.78 is 10.2. The molecular weight excluding hydrogens is 332 g/mol. The number of anilines is 1. The molecule has 0 saturated carbocycles. The first-order valence-corrected chi connectivity index (χ1v) is 8.72. The number of rotatable bonds is 5. The number of nitrogen functional groups attached to an aromatic ring is 1. The number of hydrogen-bond acceptors (Lipinski definition) is 6. The molecule has 1 unspecified atom stereocenters. The monoisotopic (exact) mass is 352 g/mol. The third-order valence-corrected chi connectivity index (χ3v) is 4.63. The lowest BCUT2D eigenvalue weighted by atomic mass is 9.87. The van der Waals surface area contributed by atoms with E-state index in [1.807, 2.05) is 18.2 Å². The van der Waals surface area contributed by atoms with Crippen LogP contribution in [-0.2, 0) is 17.6 Å². The highest BCUT2D eigenvalue weighted by molar-refractivity contribution is 5.76. The van der Waals surface area contributed by atoms with Gasteiger partial charge in [0, 0.05) is 18.5 Å². The molecule has 7 heteroatoms. The van der Waals surface area contributed by atoms with Crippen LogP contribution in [0.3, 0.4) is 0 Å². The number of amides is 1. The van der Waals surface area contributed by atoms with Crippen molar-refractivity contribution in [3.05, 3.63) is 53.8 Å². The van der Waals surface area contributed by atoms with E-state index in [1.165, 1.54) is 11.1 Å². The van der Waals surface area contributed by atoms with Gasteiger partial charge in [-0.3, -0.25) is 4.79 Å². The minimum Gasteiger partial charge on any atom is -0.472 e. The Morgan fingerprint density at radius 2 is 2.27 bits per heavy atom. The molecule has 1 aliphatic rings. The molecule has 3 N–H and O–H groups in total. The highest BCUT2D eigenvalue weighted by atomic mass is 16.5. The largest absolute Gasteiger partial charge is 0.472 e.